The molecule has 1 aromatic rings. The highest BCUT2D eigenvalue weighted by Crippen LogP contribution is 2.12. The first-order valence-corrected chi connectivity index (χ1v) is 4.69. The summed E-state index contributed by atoms with van der Waals surface area (Å²) in [5.41, 5.74) is 8.10. The molecular formula is C11H10N4. The lowest BCUT2D eigenvalue weighted by Gasteiger charge is -2.09. The van der Waals surface area contributed by atoms with E-state index in [-0.39, 0.29) is 0 Å². The van der Waals surface area contributed by atoms with E-state index < -0.39 is 0 Å². The minimum absolute atomic E-state index is 0.576. The molecule has 1 aromatic carbocycles. The van der Waals surface area contributed by atoms with Gasteiger partial charge in [0.25, 0.3) is 0 Å². The van der Waals surface area contributed by atoms with Crippen LogP contribution >= 0.6 is 0 Å². The predicted molar refractivity (Wildman–Crippen MR) is 58.6 cm³/mol. The van der Waals surface area contributed by atoms with Crippen molar-refractivity contribution in [2.75, 3.05) is 0 Å². The molecule has 0 atom stereocenters. The van der Waals surface area contributed by atoms with Crippen LogP contribution in [-0.4, -0.2) is 11.5 Å². The van der Waals surface area contributed by atoms with Crippen LogP contribution in [0.15, 0.2) is 34.5 Å². The fraction of sp³-hybridized carbons (Fsp3) is 0.182. The Hall–Kier alpha value is -2.15. The van der Waals surface area contributed by atoms with E-state index in [9.17, 15) is 0 Å². The quantitative estimate of drug-likeness (QED) is 0.740. The van der Waals surface area contributed by atoms with E-state index in [1.54, 1.807) is 12.1 Å². The molecule has 0 spiro atoms. The van der Waals surface area contributed by atoms with Gasteiger partial charge in [0, 0.05) is 6.42 Å². The third-order valence-electron chi connectivity index (χ3n) is 2.26. The zero-order valence-electron chi connectivity index (χ0n) is 8.14. The third-order valence-corrected chi connectivity index (χ3v) is 2.26. The molecule has 0 saturated heterocycles. The monoisotopic (exact) mass is 198 g/mol. The lowest BCUT2D eigenvalue weighted by atomic mass is 10.0. The lowest BCUT2D eigenvalue weighted by molar-refractivity contribution is 1.02. The van der Waals surface area contributed by atoms with Crippen LogP contribution in [0, 0.1) is 11.3 Å². The van der Waals surface area contributed by atoms with Gasteiger partial charge in [-0.3, -0.25) is 0 Å². The summed E-state index contributed by atoms with van der Waals surface area (Å²) in [6.07, 6.45) is 1.56. The molecule has 1 aliphatic rings. The van der Waals surface area contributed by atoms with Crippen molar-refractivity contribution in [3.8, 4) is 6.07 Å². The average molecular weight is 198 g/mol. The molecule has 2 rings (SSSR count). The minimum atomic E-state index is 0.576. The van der Waals surface area contributed by atoms with E-state index in [1.165, 1.54) is 0 Å². The maximum absolute atomic E-state index is 8.65. The number of nitrogens with zero attached hydrogens (tertiary/aromatic N) is 3. The van der Waals surface area contributed by atoms with Gasteiger partial charge in [-0.25, -0.2) is 0 Å². The molecule has 4 nitrogen and oxygen atoms in total. The second kappa shape index (κ2) is 3.93. The van der Waals surface area contributed by atoms with Crippen molar-refractivity contribution in [1.29, 1.82) is 5.26 Å². The smallest absolute Gasteiger partial charge is 0.122 e. The Morgan fingerprint density at radius 1 is 1.13 bits per heavy atom. The van der Waals surface area contributed by atoms with Crippen molar-refractivity contribution in [2.24, 2.45) is 15.9 Å². The summed E-state index contributed by atoms with van der Waals surface area (Å²) in [6.45, 7) is 0. The maximum Gasteiger partial charge on any atom is 0.122 e. The molecule has 0 aromatic heterocycles. The number of benzene rings is 1. The van der Waals surface area contributed by atoms with Gasteiger partial charge in [0.1, 0.15) is 5.84 Å². The fourth-order valence-electron chi connectivity index (χ4n) is 1.41. The number of amidine groups is 1. The Balaban J connectivity index is 2.28. The number of rotatable bonds is 1. The molecular weight excluding hydrogens is 188 g/mol. The Morgan fingerprint density at radius 3 is 2.40 bits per heavy atom. The van der Waals surface area contributed by atoms with E-state index >= 15 is 0 Å². The number of hydrogen-bond acceptors (Lipinski definition) is 4. The van der Waals surface area contributed by atoms with Crippen molar-refractivity contribution in [1.82, 2.24) is 0 Å². The highest BCUT2D eigenvalue weighted by Gasteiger charge is 2.09. The van der Waals surface area contributed by atoms with Crippen LogP contribution in [0.25, 0.3) is 0 Å². The summed E-state index contributed by atoms with van der Waals surface area (Å²) in [5, 5.41) is 16.5. The highest BCUT2D eigenvalue weighted by molar-refractivity contribution is 6.04. The van der Waals surface area contributed by atoms with Crippen molar-refractivity contribution in [3.63, 3.8) is 0 Å². The van der Waals surface area contributed by atoms with Crippen LogP contribution in [0.4, 0.5) is 0 Å². The third kappa shape index (κ3) is 2.02. The van der Waals surface area contributed by atoms with Gasteiger partial charge in [-0.05, 0) is 24.1 Å². The van der Waals surface area contributed by atoms with E-state index in [4.69, 9.17) is 11.0 Å². The largest absolute Gasteiger partial charge is 0.386 e. The Labute approximate surface area is 87.7 Å². The van der Waals surface area contributed by atoms with E-state index in [2.05, 4.69) is 16.3 Å². The molecule has 15 heavy (non-hydrogen) atoms. The number of nitrogens with two attached hydrogens (primary N) is 1. The minimum Gasteiger partial charge on any atom is -0.386 e. The fourth-order valence-corrected chi connectivity index (χ4v) is 1.41. The van der Waals surface area contributed by atoms with E-state index in [1.807, 2.05) is 12.1 Å². The van der Waals surface area contributed by atoms with Gasteiger partial charge < -0.3 is 5.73 Å². The molecule has 0 amide bonds. The molecule has 74 valence electrons. The standard InChI is InChI=1S/C11H10N4/c12-7-8-1-3-9(4-2-8)10-5-6-11(13)15-14-10/h1-4H,5-6H2,(H2,13,15). The highest BCUT2D eigenvalue weighted by atomic mass is 15.2. The first-order valence-electron chi connectivity index (χ1n) is 4.69. The van der Waals surface area contributed by atoms with Crippen LogP contribution in [0.5, 0.6) is 0 Å². The summed E-state index contributed by atoms with van der Waals surface area (Å²) in [7, 11) is 0. The van der Waals surface area contributed by atoms with Crippen LogP contribution in [0.2, 0.25) is 0 Å². The second-order valence-corrected chi connectivity index (χ2v) is 3.33. The van der Waals surface area contributed by atoms with Gasteiger partial charge in [-0.1, -0.05) is 12.1 Å². The van der Waals surface area contributed by atoms with Crippen molar-refractivity contribution < 1.29 is 0 Å². The van der Waals surface area contributed by atoms with Crippen LogP contribution < -0.4 is 5.73 Å². The van der Waals surface area contributed by atoms with Gasteiger partial charge >= 0.3 is 0 Å². The predicted octanol–water partition coefficient (Wildman–Crippen LogP) is 1.41. The zero-order chi connectivity index (χ0) is 10.7. The average Bonchev–Trinajstić information content (AvgIpc) is 2.30. The molecule has 0 unspecified atom stereocenters. The molecule has 4 heteroatoms. The molecule has 1 aliphatic heterocycles. The summed E-state index contributed by atoms with van der Waals surface area (Å²) < 4.78 is 0. The van der Waals surface area contributed by atoms with Crippen LogP contribution in [0.3, 0.4) is 0 Å². The normalized spacial score (nSPS) is 15.1. The van der Waals surface area contributed by atoms with Gasteiger partial charge in [0.2, 0.25) is 0 Å². The van der Waals surface area contributed by atoms with Gasteiger partial charge in [-0.15, -0.1) is 5.10 Å². The van der Waals surface area contributed by atoms with Gasteiger partial charge in [0.05, 0.1) is 17.3 Å². The van der Waals surface area contributed by atoms with Crippen molar-refractivity contribution in [2.45, 2.75) is 12.8 Å². The number of hydrogen-bond donors (Lipinski definition) is 1. The summed E-state index contributed by atoms with van der Waals surface area (Å²) in [6, 6.07) is 9.40. The van der Waals surface area contributed by atoms with E-state index in [0.717, 1.165) is 24.1 Å². The van der Waals surface area contributed by atoms with Crippen molar-refractivity contribution in [3.05, 3.63) is 35.4 Å². The molecule has 0 bridgehead atoms. The lowest BCUT2D eigenvalue weighted by Crippen LogP contribution is -2.17. The SMILES string of the molecule is N#Cc1ccc(C2=NN=C(N)CC2)cc1. The topological polar surface area (TPSA) is 74.5 Å². The maximum atomic E-state index is 8.65. The van der Waals surface area contributed by atoms with Crippen LogP contribution in [-0.2, 0) is 0 Å². The number of nitriles is 1. The first-order chi connectivity index (χ1) is 7.29. The molecule has 0 saturated carbocycles. The Bertz CT molecular complexity index is 462. The first kappa shape index (κ1) is 9.41. The summed E-state index contributed by atoms with van der Waals surface area (Å²) >= 11 is 0. The zero-order valence-corrected chi connectivity index (χ0v) is 8.14. The molecule has 2 N–H and O–H groups in total. The summed E-state index contributed by atoms with van der Waals surface area (Å²) in [5.74, 6) is 0.576. The van der Waals surface area contributed by atoms with Gasteiger partial charge in [-0.2, -0.15) is 10.4 Å². The molecule has 0 aliphatic carbocycles. The Kier molecular flexibility index (Phi) is 2.46. The summed E-state index contributed by atoms with van der Waals surface area (Å²) in [4.78, 5) is 0. The van der Waals surface area contributed by atoms with Gasteiger partial charge in [0.15, 0.2) is 0 Å². The van der Waals surface area contributed by atoms with Crippen LogP contribution in [0.1, 0.15) is 24.0 Å². The molecule has 1 heterocycles. The molecule has 0 fully saturated rings. The Morgan fingerprint density at radius 2 is 1.87 bits per heavy atom. The van der Waals surface area contributed by atoms with E-state index in [0.29, 0.717) is 11.4 Å². The second-order valence-electron chi connectivity index (χ2n) is 3.33. The van der Waals surface area contributed by atoms with Crippen molar-refractivity contribution >= 4 is 11.5 Å². The molecule has 0 radical (unpaired) electrons.